The van der Waals surface area contributed by atoms with Crippen molar-refractivity contribution in [3.63, 3.8) is 0 Å². The minimum atomic E-state index is -1.06. The molecule has 1 aliphatic carbocycles. The molecule has 2 amide bonds. The molecule has 1 aromatic rings. The van der Waals surface area contributed by atoms with Gasteiger partial charge in [-0.2, -0.15) is 0 Å². The molecule has 0 bridgehead atoms. The molecule has 0 aromatic heterocycles. The largest absolute Gasteiger partial charge is 0.478 e. The third-order valence-electron chi connectivity index (χ3n) is 2.89. The maximum atomic E-state index is 11.6. The number of anilines is 1. The molecule has 2 unspecified atom stereocenters. The molecular weight excluding hydrogens is 256 g/mol. The minimum Gasteiger partial charge on any atom is -0.478 e. The molecule has 6 heteroatoms. The van der Waals surface area contributed by atoms with Gasteiger partial charge in [0.25, 0.3) is 0 Å². The van der Waals surface area contributed by atoms with Crippen LogP contribution in [0.5, 0.6) is 0 Å². The van der Waals surface area contributed by atoms with Crippen LogP contribution in [-0.4, -0.2) is 23.1 Å². The summed E-state index contributed by atoms with van der Waals surface area (Å²) in [6.07, 6.45) is 0.985. The van der Waals surface area contributed by atoms with Crippen LogP contribution in [-0.2, 0) is 0 Å². The average Bonchev–Trinajstić information content (AvgIpc) is 2.96. The van der Waals surface area contributed by atoms with E-state index < -0.39 is 5.97 Å². The quantitative estimate of drug-likeness (QED) is 0.788. The number of carboxylic acids is 1. The topological polar surface area (TPSA) is 78.4 Å². The number of aromatic carboxylic acids is 1. The molecule has 1 fully saturated rings. The van der Waals surface area contributed by atoms with Gasteiger partial charge in [0.1, 0.15) is 0 Å². The molecule has 1 aliphatic rings. The van der Waals surface area contributed by atoms with E-state index >= 15 is 0 Å². The number of nitrogens with one attached hydrogen (secondary N) is 2. The summed E-state index contributed by atoms with van der Waals surface area (Å²) < 4.78 is 0. The monoisotopic (exact) mass is 268 g/mol. The van der Waals surface area contributed by atoms with Crippen molar-refractivity contribution >= 4 is 29.3 Å². The highest BCUT2D eigenvalue weighted by molar-refractivity contribution is 6.34. The van der Waals surface area contributed by atoms with Crippen LogP contribution >= 0.6 is 11.6 Å². The highest BCUT2D eigenvalue weighted by Gasteiger charge is 2.33. The summed E-state index contributed by atoms with van der Waals surface area (Å²) in [4.78, 5) is 22.3. The Labute approximate surface area is 109 Å². The molecule has 3 N–H and O–H groups in total. The van der Waals surface area contributed by atoms with E-state index in [1.54, 1.807) is 0 Å². The van der Waals surface area contributed by atoms with Crippen molar-refractivity contribution in [3.8, 4) is 0 Å². The fraction of sp³-hybridized carbons (Fsp3) is 0.333. The van der Waals surface area contributed by atoms with Crippen LogP contribution in [0.1, 0.15) is 23.7 Å². The predicted octanol–water partition coefficient (Wildman–Crippen LogP) is 2.57. The van der Waals surface area contributed by atoms with Crippen molar-refractivity contribution in [1.29, 1.82) is 0 Å². The van der Waals surface area contributed by atoms with Crippen LogP contribution in [0.25, 0.3) is 0 Å². The van der Waals surface area contributed by atoms with Crippen LogP contribution in [0, 0.1) is 5.92 Å². The summed E-state index contributed by atoms with van der Waals surface area (Å²) in [6, 6.07) is 4.07. The summed E-state index contributed by atoms with van der Waals surface area (Å²) in [5.41, 5.74) is 0.481. The number of urea groups is 1. The zero-order valence-electron chi connectivity index (χ0n) is 9.74. The maximum Gasteiger partial charge on any atom is 0.335 e. The average molecular weight is 269 g/mol. The molecule has 2 atom stereocenters. The fourth-order valence-corrected chi connectivity index (χ4v) is 1.83. The molecule has 18 heavy (non-hydrogen) atoms. The predicted molar refractivity (Wildman–Crippen MR) is 68.1 cm³/mol. The normalized spacial score (nSPS) is 21.2. The van der Waals surface area contributed by atoms with Crippen LogP contribution in [0.15, 0.2) is 18.2 Å². The van der Waals surface area contributed by atoms with E-state index in [0.29, 0.717) is 11.6 Å². The Morgan fingerprint density at radius 1 is 1.44 bits per heavy atom. The molecule has 1 saturated carbocycles. The zero-order chi connectivity index (χ0) is 13.3. The van der Waals surface area contributed by atoms with E-state index in [9.17, 15) is 9.59 Å². The summed E-state index contributed by atoms with van der Waals surface area (Å²) in [6.45, 7) is 2.06. The van der Waals surface area contributed by atoms with Crippen molar-refractivity contribution in [3.05, 3.63) is 28.8 Å². The van der Waals surface area contributed by atoms with Gasteiger partial charge >= 0.3 is 12.0 Å². The van der Waals surface area contributed by atoms with Crippen LogP contribution in [0.2, 0.25) is 5.02 Å². The molecule has 0 saturated heterocycles. The molecule has 2 rings (SSSR count). The Morgan fingerprint density at radius 3 is 2.61 bits per heavy atom. The number of halogens is 1. The van der Waals surface area contributed by atoms with Gasteiger partial charge in [-0.15, -0.1) is 0 Å². The first kappa shape index (κ1) is 12.7. The van der Waals surface area contributed by atoms with E-state index in [-0.39, 0.29) is 22.7 Å². The Bertz CT molecular complexity index is 504. The van der Waals surface area contributed by atoms with E-state index in [4.69, 9.17) is 16.7 Å². The van der Waals surface area contributed by atoms with Gasteiger partial charge in [0.05, 0.1) is 16.3 Å². The number of hydrogen-bond acceptors (Lipinski definition) is 2. The highest BCUT2D eigenvalue weighted by Crippen LogP contribution is 2.29. The molecule has 1 aromatic carbocycles. The van der Waals surface area contributed by atoms with E-state index in [1.165, 1.54) is 18.2 Å². The maximum absolute atomic E-state index is 11.6. The van der Waals surface area contributed by atoms with Gasteiger partial charge in [-0.25, -0.2) is 9.59 Å². The molecule has 0 heterocycles. The number of rotatable bonds is 3. The second-order valence-corrected chi connectivity index (χ2v) is 4.82. The second kappa shape index (κ2) is 4.86. The number of benzene rings is 1. The van der Waals surface area contributed by atoms with E-state index in [0.717, 1.165) is 6.42 Å². The van der Waals surface area contributed by atoms with Crippen molar-refractivity contribution < 1.29 is 14.7 Å². The Morgan fingerprint density at radius 2 is 2.11 bits per heavy atom. The Kier molecular flexibility index (Phi) is 3.43. The van der Waals surface area contributed by atoms with E-state index in [2.05, 4.69) is 17.6 Å². The standard InChI is InChI=1S/C12H13ClN2O3/c1-6-4-10(6)15-12(18)14-9-3-2-7(11(16)17)5-8(9)13/h2-3,5-6,10H,4H2,1H3,(H,16,17)(H2,14,15,18). The van der Waals surface area contributed by atoms with E-state index in [1.807, 2.05) is 0 Å². The van der Waals surface area contributed by atoms with Crippen molar-refractivity contribution in [2.75, 3.05) is 5.32 Å². The number of amides is 2. The molecule has 5 nitrogen and oxygen atoms in total. The lowest BCUT2D eigenvalue weighted by Crippen LogP contribution is -2.31. The Hall–Kier alpha value is -1.75. The van der Waals surface area contributed by atoms with Gasteiger partial charge in [-0.05, 0) is 30.5 Å². The van der Waals surface area contributed by atoms with Gasteiger partial charge in [-0.3, -0.25) is 0 Å². The number of carbonyl (C=O) groups excluding carboxylic acids is 1. The lowest BCUT2D eigenvalue weighted by Gasteiger charge is -2.09. The minimum absolute atomic E-state index is 0.0850. The van der Waals surface area contributed by atoms with Gasteiger partial charge < -0.3 is 15.7 Å². The summed E-state index contributed by atoms with van der Waals surface area (Å²) in [5, 5.41) is 14.4. The second-order valence-electron chi connectivity index (χ2n) is 4.42. The van der Waals surface area contributed by atoms with Gasteiger partial charge in [-0.1, -0.05) is 18.5 Å². The zero-order valence-corrected chi connectivity index (χ0v) is 10.5. The summed E-state index contributed by atoms with van der Waals surface area (Å²) in [7, 11) is 0. The number of hydrogen-bond donors (Lipinski definition) is 3. The third-order valence-corrected chi connectivity index (χ3v) is 3.20. The van der Waals surface area contributed by atoms with Crippen molar-refractivity contribution in [2.24, 2.45) is 5.92 Å². The smallest absolute Gasteiger partial charge is 0.335 e. The Balaban J connectivity index is 2.00. The van der Waals surface area contributed by atoms with Gasteiger partial charge in [0.15, 0.2) is 0 Å². The van der Waals surface area contributed by atoms with Crippen molar-refractivity contribution in [1.82, 2.24) is 5.32 Å². The van der Waals surface area contributed by atoms with Crippen molar-refractivity contribution in [2.45, 2.75) is 19.4 Å². The van der Waals surface area contributed by atoms with Gasteiger partial charge in [0.2, 0.25) is 0 Å². The lowest BCUT2D eigenvalue weighted by atomic mass is 10.2. The summed E-state index contributed by atoms with van der Waals surface area (Å²) in [5.74, 6) is -0.541. The molecule has 0 spiro atoms. The molecular formula is C12H13ClN2O3. The first-order valence-corrected chi connectivity index (χ1v) is 5.95. The third kappa shape index (κ3) is 2.92. The number of carboxylic acid groups (broad SMARTS) is 1. The first-order chi connectivity index (χ1) is 8.47. The summed E-state index contributed by atoms with van der Waals surface area (Å²) >= 11 is 5.89. The van der Waals surface area contributed by atoms with Gasteiger partial charge in [0, 0.05) is 6.04 Å². The molecule has 0 radical (unpaired) electrons. The highest BCUT2D eigenvalue weighted by atomic mass is 35.5. The van der Waals surface area contributed by atoms with Crippen LogP contribution in [0.3, 0.4) is 0 Å². The van der Waals surface area contributed by atoms with Crippen LogP contribution in [0.4, 0.5) is 10.5 Å². The van der Waals surface area contributed by atoms with Crippen LogP contribution < -0.4 is 10.6 Å². The molecule has 96 valence electrons. The first-order valence-electron chi connectivity index (χ1n) is 5.57. The lowest BCUT2D eigenvalue weighted by molar-refractivity contribution is 0.0697. The SMILES string of the molecule is CC1CC1NC(=O)Nc1ccc(C(=O)O)cc1Cl. The molecule has 0 aliphatic heterocycles. The number of carbonyl (C=O) groups is 2. The fourth-order valence-electron chi connectivity index (χ4n) is 1.60.